The molecule has 82 valence electrons. The second-order valence-corrected chi connectivity index (χ2v) is 3.20. The SMILES string of the molecule is CC(NCC(N)=O)c1c(F)cccc1F. The highest BCUT2D eigenvalue weighted by Crippen LogP contribution is 2.19. The van der Waals surface area contributed by atoms with Gasteiger partial charge in [0.2, 0.25) is 5.91 Å². The fourth-order valence-electron chi connectivity index (χ4n) is 1.28. The Hall–Kier alpha value is -1.49. The molecule has 1 aromatic rings. The fraction of sp³-hybridized carbons (Fsp3) is 0.300. The highest BCUT2D eigenvalue weighted by molar-refractivity contribution is 5.75. The molecular weight excluding hydrogens is 202 g/mol. The second-order valence-electron chi connectivity index (χ2n) is 3.20. The molecule has 5 heteroatoms. The Bertz CT molecular complexity index is 348. The molecule has 0 aliphatic rings. The van der Waals surface area contributed by atoms with E-state index in [9.17, 15) is 13.6 Å². The van der Waals surface area contributed by atoms with Gasteiger partial charge in [0.15, 0.2) is 0 Å². The van der Waals surface area contributed by atoms with Gasteiger partial charge in [0.25, 0.3) is 0 Å². The molecule has 3 nitrogen and oxygen atoms in total. The van der Waals surface area contributed by atoms with Crippen LogP contribution in [0.1, 0.15) is 18.5 Å². The lowest BCUT2D eigenvalue weighted by Gasteiger charge is -2.14. The predicted octanol–water partition coefficient (Wildman–Crippen LogP) is 1.10. The van der Waals surface area contributed by atoms with Gasteiger partial charge in [-0.3, -0.25) is 4.79 Å². The van der Waals surface area contributed by atoms with Crippen LogP contribution in [-0.2, 0) is 4.79 Å². The van der Waals surface area contributed by atoms with Crippen molar-refractivity contribution in [3.63, 3.8) is 0 Å². The van der Waals surface area contributed by atoms with Crippen molar-refractivity contribution >= 4 is 5.91 Å². The number of rotatable bonds is 4. The number of primary amides is 1. The standard InChI is InChI=1S/C10H12F2N2O/c1-6(14-5-9(13)15)10-7(11)3-2-4-8(10)12/h2-4,6,14H,5H2,1H3,(H2,13,15). The van der Waals surface area contributed by atoms with Crippen LogP contribution in [0.2, 0.25) is 0 Å². The van der Waals surface area contributed by atoms with Crippen molar-refractivity contribution in [2.24, 2.45) is 5.73 Å². The highest BCUT2D eigenvalue weighted by Gasteiger charge is 2.15. The summed E-state index contributed by atoms with van der Waals surface area (Å²) in [5.74, 6) is -1.85. The van der Waals surface area contributed by atoms with Crippen LogP contribution < -0.4 is 11.1 Å². The van der Waals surface area contributed by atoms with E-state index in [-0.39, 0.29) is 12.1 Å². The van der Waals surface area contributed by atoms with E-state index in [2.05, 4.69) is 5.32 Å². The number of nitrogens with two attached hydrogens (primary N) is 1. The number of benzene rings is 1. The first-order valence-corrected chi connectivity index (χ1v) is 4.48. The molecule has 1 atom stereocenters. The van der Waals surface area contributed by atoms with Gasteiger partial charge in [0, 0.05) is 11.6 Å². The molecular formula is C10H12F2N2O. The minimum Gasteiger partial charge on any atom is -0.369 e. The maximum absolute atomic E-state index is 13.2. The van der Waals surface area contributed by atoms with Gasteiger partial charge >= 0.3 is 0 Å². The summed E-state index contributed by atoms with van der Waals surface area (Å²) >= 11 is 0. The van der Waals surface area contributed by atoms with E-state index >= 15 is 0 Å². The number of carbonyl (C=O) groups excluding carboxylic acids is 1. The normalized spacial score (nSPS) is 12.5. The van der Waals surface area contributed by atoms with Gasteiger partial charge < -0.3 is 11.1 Å². The van der Waals surface area contributed by atoms with Gasteiger partial charge in [-0.25, -0.2) is 8.78 Å². The van der Waals surface area contributed by atoms with Crippen LogP contribution in [0.15, 0.2) is 18.2 Å². The van der Waals surface area contributed by atoms with Crippen LogP contribution in [0.3, 0.4) is 0 Å². The topological polar surface area (TPSA) is 55.1 Å². The molecule has 0 bridgehead atoms. The van der Waals surface area contributed by atoms with Gasteiger partial charge in [-0.1, -0.05) is 6.07 Å². The van der Waals surface area contributed by atoms with Crippen LogP contribution in [0.5, 0.6) is 0 Å². The van der Waals surface area contributed by atoms with Crippen LogP contribution >= 0.6 is 0 Å². The number of carbonyl (C=O) groups is 1. The molecule has 1 amide bonds. The molecule has 0 saturated heterocycles. The molecule has 1 rings (SSSR count). The minimum atomic E-state index is -0.639. The summed E-state index contributed by atoms with van der Waals surface area (Å²) in [6.07, 6.45) is 0. The molecule has 0 aromatic heterocycles. The van der Waals surface area contributed by atoms with Gasteiger partial charge in [-0.2, -0.15) is 0 Å². The van der Waals surface area contributed by atoms with Crippen molar-refractivity contribution in [1.29, 1.82) is 0 Å². The Morgan fingerprint density at radius 3 is 2.47 bits per heavy atom. The lowest BCUT2D eigenvalue weighted by Crippen LogP contribution is -2.31. The zero-order valence-electron chi connectivity index (χ0n) is 8.26. The molecule has 0 aliphatic heterocycles. The molecule has 0 heterocycles. The summed E-state index contributed by atoms with van der Waals surface area (Å²) in [5, 5.41) is 2.63. The van der Waals surface area contributed by atoms with Gasteiger partial charge in [-0.05, 0) is 19.1 Å². The number of hydrogen-bond donors (Lipinski definition) is 2. The Balaban J connectivity index is 2.81. The third-order valence-electron chi connectivity index (χ3n) is 2.02. The summed E-state index contributed by atoms with van der Waals surface area (Å²) in [6.45, 7) is 1.44. The number of amides is 1. The molecule has 3 N–H and O–H groups in total. The van der Waals surface area contributed by atoms with E-state index in [1.807, 2.05) is 0 Å². The quantitative estimate of drug-likeness (QED) is 0.788. The summed E-state index contributed by atoms with van der Waals surface area (Å²) in [7, 11) is 0. The van der Waals surface area contributed by atoms with Crippen molar-refractivity contribution in [2.75, 3.05) is 6.54 Å². The lowest BCUT2D eigenvalue weighted by molar-refractivity contribution is -0.117. The summed E-state index contributed by atoms with van der Waals surface area (Å²) in [5.41, 5.74) is 4.82. The van der Waals surface area contributed by atoms with Crippen molar-refractivity contribution in [1.82, 2.24) is 5.32 Å². The van der Waals surface area contributed by atoms with Crippen molar-refractivity contribution in [2.45, 2.75) is 13.0 Å². The zero-order valence-corrected chi connectivity index (χ0v) is 8.26. The van der Waals surface area contributed by atoms with Crippen molar-refractivity contribution in [3.8, 4) is 0 Å². The third kappa shape index (κ3) is 2.99. The average Bonchev–Trinajstić information content (AvgIpc) is 2.14. The Morgan fingerprint density at radius 1 is 1.47 bits per heavy atom. The average molecular weight is 214 g/mol. The van der Waals surface area contributed by atoms with E-state index in [1.54, 1.807) is 6.92 Å². The van der Waals surface area contributed by atoms with E-state index in [0.29, 0.717) is 0 Å². The molecule has 1 aromatic carbocycles. The second kappa shape index (κ2) is 4.84. The van der Waals surface area contributed by atoms with Gasteiger partial charge in [-0.15, -0.1) is 0 Å². The van der Waals surface area contributed by atoms with E-state index in [4.69, 9.17) is 5.73 Å². The van der Waals surface area contributed by atoms with Crippen LogP contribution in [0.4, 0.5) is 8.78 Å². The van der Waals surface area contributed by atoms with Crippen LogP contribution in [0.25, 0.3) is 0 Å². The van der Waals surface area contributed by atoms with E-state index in [1.165, 1.54) is 18.2 Å². The van der Waals surface area contributed by atoms with Crippen molar-refractivity contribution in [3.05, 3.63) is 35.4 Å². The molecule has 1 unspecified atom stereocenters. The first-order valence-electron chi connectivity index (χ1n) is 4.48. The maximum Gasteiger partial charge on any atom is 0.231 e. The number of hydrogen-bond acceptors (Lipinski definition) is 2. The Kier molecular flexibility index (Phi) is 3.74. The van der Waals surface area contributed by atoms with Crippen LogP contribution in [-0.4, -0.2) is 12.5 Å². The van der Waals surface area contributed by atoms with Crippen LogP contribution in [0, 0.1) is 11.6 Å². The summed E-state index contributed by atoms with van der Waals surface area (Å²) < 4.78 is 26.5. The maximum atomic E-state index is 13.2. The smallest absolute Gasteiger partial charge is 0.231 e. The molecule has 0 saturated carbocycles. The van der Waals surface area contributed by atoms with E-state index < -0.39 is 23.6 Å². The van der Waals surface area contributed by atoms with Gasteiger partial charge in [0.1, 0.15) is 11.6 Å². The first kappa shape index (κ1) is 11.6. The lowest BCUT2D eigenvalue weighted by atomic mass is 10.1. The zero-order chi connectivity index (χ0) is 11.4. The summed E-state index contributed by atoms with van der Waals surface area (Å²) in [6, 6.07) is 3.02. The van der Waals surface area contributed by atoms with Crippen molar-refractivity contribution < 1.29 is 13.6 Å². The molecule has 0 spiro atoms. The van der Waals surface area contributed by atoms with Gasteiger partial charge in [0.05, 0.1) is 6.54 Å². The number of halogens is 2. The number of nitrogens with one attached hydrogen (secondary N) is 1. The summed E-state index contributed by atoms with van der Waals surface area (Å²) in [4.78, 5) is 10.5. The molecule has 0 radical (unpaired) electrons. The largest absolute Gasteiger partial charge is 0.369 e. The predicted molar refractivity (Wildman–Crippen MR) is 52.0 cm³/mol. The fourth-order valence-corrected chi connectivity index (χ4v) is 1.28. The molecule has 0 aliphatic carbocycles. The van der Waals surface area contributed by atoms with E-state index in [0.717, 1.165) is 0 Å². The minimum absolute atomic E-state index is 0.0845. The first-order chi connectivity index (χ1) is 7.02. The third-order valence-corrected chi connectivity index (χ3v) is 2.02. The molecule has 15 heavy (non-hydrogen) atoms. The highest BCUT2D eigenvalue weighted by atomic mass is 19.1. The Morgan fingerprint density at radius 2 is 2.00 bits per heavy atom. The molecule has 0 fully saturated rings. The monoisotopic (exact) mass is 214 g/mol. The Labute approximate surface area is 86.3 Å².